The second kappa shape index (κ2) is 10.9. The van der Waals surface area contributed by atoms with Crippen molar-refractivity contribution < 1.29 is 14.6 Å². The van der Waals surface area contributed by atoms with E-state index in [2.05, 4.69) is 45.5 Å². The van der Waals surface area contributed by atoms with Gasteiger partial charge in [-0.1, -0.05) is 54.1 Å². The van der Waals surface area contributed by atoms with Crippen LogP contribution < -0.4 is 15.5 Å². The maximum Gasteiger partial charge on any atom is 0.320 e. The summed E-state index contributed by atoms with van der Waals surface area (Å²) in [5.41, 5.74) is 7.65. The summed E-state index contributed by atoms with van der Waals surface area (Å²) in [5.74, 6) is -0.249. The number of hydrogen-bond donors (Lipinski definition) is 3. The zero-order valence-corrected chi connectivity index (χ0v) is 19.8. The molecule has 0 aromatic heterocycles. The van der Waals surface area contributed by atoms with E-state index in [9.17, 15) is 4.79 Å². The minimum absolute atomic E-state index is 0.441. The zero-order valence-electron chi connectivity index (χ0n) is 18.3. The van der Waals surface area contributed by atoms with Crippen LogP contribution in [0.1, 0.15) is 18.9 Å². The zero-order chi connectivity index (χ0) is 23.2. The first-order chi connectivity index (χ1) is 16.0. The molecule has 0 fully saturated rings. The summed E-state index contributed by atoms with van der Waals surface area (Å²) in [6.07, 6.45) is 0.674. The summed E-state index contributed by atoms with van der Waals surface area (Å²) in [7, 11) is 0. The number of hydrogen-bond acceptors (Lipinski definition) is 6. The van der Waals surface area contributed by atoms with Crippen molar-refractivity contribution in [3.63, 3.8) is 0 Å². The van der Waals surface area contributed by atoms with E-state index in [1.54, 1.807) is 18.9 Å². The van der Waals surface area contributed by atoms with Gasteiger partial charge in [-0.15, -0.1) is 0 Å². The number of carboxylic acids is 1. The van der Waals surface area contributed by atoms with E-state index >= 15 is 0 Å². The lowest BCUT2D eigenvalue weighted by Gasteiger charge is -2.17. The fourth-order valence-electron chi connectivity index (χ4n) is 3.50. The van der Waals surface area contributed by atoms with Crippen LogP contribution in [-0.2, 0) is 11.3 Å². The number of nitrogens with one attached hydrogen (secondary N) is 2. The Bertz CT molecular complexity index is 1100. The minimum atomic E-state index is -0.865. The maximum atomic E-state index is 10.9. The van der Waals surface area contributed by atoms with Crippen LogP contribution in [0.3, 0.4) is 0 Å². The van der Waals surface area contributed by atoms with Gasteiger partial charge < -0.3 is 20.6 Å². The minimum Gasteiger partial charge on any atom is -0.492 e. The Labute approximate surface area is 203 Å². The van der Waals surface area contributed by atoms with Crippen LogP contribution in [0, 0.1) is 0 Å². The molecule has 0 amide bonds. The van der Waals surface area contributed by atoms with Gasteiger partial charge in [0.15, 0.2) is 0 Å². The second-order valence-corrected chi connectivity index (χ2v) is 9.20. The van der Waals surface area contributed by atoms with Gasteiger partial charge in [0.2, 0.25) is 0 Å². The van der Waals surface area contributed by atoms with Gasteiger partial charge in [0.1, 0.15) is 11.8 Å². The number of hydrazine groups is 1. The summed E-state index contributed by atoms with van der Waals surface area (Å²) in [6.45, 7) is 3.44. The molecule has 3 aromatic carbocycles. The number of carboxylic acid groups (broad SMARTS) is 1. The molecule has 1 aliphatic heterocycles. The highest BCUT2D eigenvalue weighted by atomic mass is 35.5. The van der Waals surface area contributed by atoms with Gasteiger partial charge in [0.25, 0.3) is 0 Å². The van der Waals surface area contributed by atoms with Crippen molar-refractivity contribution in [2.24, 2.45) is 0 Å². The predicted octanol–water partition coefficient (Wildman–Crippen LogP) is 5.69. The van der Waals surface area contributed by atoms with Gasteiger partial charge in [-0.2, -0.15) is 4.41 Å². The molecule has 0 aliphatic carbocycles. The van der Waals surface area contributed by atoms with Gasteiger partial charge in [-0.25, -0.2) is 0 Å². The number of halogens is 1. The highest BCUT2D eigenvalue weighted by molar-refractivity contribution is 7.97. The Morgan fingerprint density at radius 1 is 1.18 bits per heavy atom. The normalized spacial score (nSPS) is 14.0. The van der Waals surface area contributed by atoms with Gasteiger partial charge >= 0.3 is 5.97 Å². The van der Waals surface area contributed by atoms with E-state index in [-0.39, 0.29) is 0 Å². The highest BCUT2D eigenvalue weighted by Crippen LogP contribution is 2.38. The summed E-state index contributed by atoms with van der Waals surface area (Å²) in [4.78, 5) is 12.1. The third-order valence-electron chi connectivity index (χ3n) is 5.29. The van der Waals surface area contributed by atoms with E-state index in [4.69, 9.17) is 21.4 Å². The Kier molecular flexibility index (Phi) is 7.77. The first-order valence-corrected chi connectivity index (χ1v) is 11.9. The quantitative estimate of drug-likeness (QED) is 0.253. The maximum absolute atomic E-state index is 10.9. The molecule has 0 unspecified atom stereocenters. The fourth-order valence-corrected chi connectivity index (χ4v) is 4.77. The van der Waals surface area contributed by atoms with Crippen molar-refractivity contribution >= 4 is 35.2 Å². The topological polar surface area (TPSA) is 73.8 Å². The molecule has 1 aliphatic rings. The largest absolute Gasteiger partial charge is 0.492 e. The molecule has 1 atom stereocenters. The van der Waals surface area contributed by atoms with E-state index in [1.807, 2.05) is 36.4 Å². The van der Waals surface area contributed by atoms with Crippen LogP contribution in [0.4, 0.5) is 5.69 Å². The van der Waals surface area contributed by atoms with E-state index in [0.29, 0.717) is 30.3 Å². The van der Waals surface area contributed by atoms with Gasteiger partial charge in [-0.05, 0) is 67.2 Å². The Balaban J connectivity index is 1.38. The molecule has 172 valence electrons. The van der Waals surface area contributed by atoms with E-state index in [0.717, 1.165) is 23.4 Å². The highest BCUT2D eigenvalue weighted by Gasteiger charge is 2.19. The molecule has 8 heteroatoms. The molecule has 33 heavy (non-hydrogen) atoms. The molecule has 0 saturated carbocycles. The molecular weight excluding hydrogens is 458 g/mol. The Morgan fingerprint density at radius 3 is 2.82 bits per heavy atom. The summed E-state index contributed by atoms with van der Waals surface area (Å²) >= 11 is 8.37. The monoisotopic (exact) mass is 483 g/mol. The second-order valence-electron chi connectivity index (χ2n) is 7.76. The summed E-state index contributed by atoms with van der Waals surface area (Å²) < 4.78 is 7.98. The lowest BCUT2D eigenvalue weighted by atomic mass is 10.0. The first kappa shape index (κ1) is 23.4. The molecule has 0 spiro atoms. The SMILES string of the molecule is C[C@H](NCCCOc1cccc(-c2cccc(NN3Cc4ccccc4S3)c2)c1Cl)C(=O)O. The van der Waals surface area contributed by atoms with Crippen molar-refractivity contribution in [1.82, 2.24) is 9.73 Å². The number of aliphatic carboxylic acids is 1. The van der Waals surface area contributed by atoms with Crippen LogP contribution in [0.2, 0.25) is 5.02 Å². The van der Waals surface area contributed by atoms with Crippen LogP contribution >= 0.6 is 23.5 Å². The average molecular weight is 484 g/mol. The number of anilines is 1. The molecular formula is C25H26ClN3O3S. The molecule has 1 heterocycles. The number of carbonyl (C=O) groups is 1. The standard InChI is InChI=1S/C25H26ClN3O3S/c1-17(25(30)31)27-13-6-14-32-22-11-5-10-21(24(22)26)18-8-4-9-20(15-18)28-29-16-19-7-2-3-12-23(19)33-29/h2-5,7-12,15,17,27-28H,6,13-14,16H2,1H3,(H,30,31)/t17-/m0/s1. The molecule has 3 aromatic rings. The molecule has 3 N–H and O–H groups in total. The van der Waals surface area contributed by atoms with Gasteiger partial charge in [0.05, 0.1) is 23.9 Å². The lowest BCUT2D eigenvalue weighted by Crippen LogP contribution is -2.34. The van der Waals surface area contributed by atoms with E-state index in [1.165, 1.54) is 10.5 Å². The van der Waals surface area contributed by atoms with Crippen molar-refractivity contribution in [2.45, 2.75) is 30.8 Å². The van der Waals surface area contributed by atoms with Crippen LogP contribution in [0.25, 0.3) is 11.1 Å². The smallest absolute Gasteiger partial charge is 0.320 e. The summed E-state index contributed by atoms with van der Waals surface area (Å²) in [6, 6.07) is 21.7. The fraction of sp³-hybridized carbons (Fsp3) is 0.240. The predicted molar refractivity (Wildman–Crippen MR) is 134 cm³/mol. The number of benzene rings is 3. The molecule has 4 rings (SSSR count). The van der Waals surface area contributed by atoms with E-state index < -0.39 is 12.0 Å². The average Bonchev–Trinajstić information content (AvgIpc) is 3.22. The Morgan fingerprint density at radius 2 is 2.00 bits per heavy atom. The van der Waals surface area contributed by atoms with Crippen molar-refractivity contribution in [2.75, 3.05) is 18.6 Å². The van der Waals surface area contributed by atoms with Crippen molar-refractivity contribution in [3.8, 4) is 16.9 Å². The van der Waals surface area contributed by atoms with Crippen molar-refractivity contribution in [3.05, 3.63) is 77.3 Å². The number of nitrogens with zero attached hydrogens (tertiary/aromatic N) is 1. The third-order valence-corrected chi connectivity index (χ3v) is 6.71. The molecule has 6 nitrogen and oxygen atoms in total. The third kappa shape index (κ3) is 6.00. The van der Waals surface area contributed by atoms with Crippen LogP contribution in [0.15, 0.2) is 71.6 Å². The molecule has 0 bridgehead atoms. The number of ether oxygens (including phenoxy) is 1. The lowest BCUT2D eigenvalue weighted by molar-refractivity contribution is -0.139. The number of rotatable bonds is 10. The van der Waals surface area contributed by atoms with Crippen molar-refractivity contribution in [1.29, 1.82) is 0 Å². The molecule has 0 saturated heterocycles. The van der Waals surface area contributed by atoms with Crippen LogP contribution in [-0.4, -0.2) is 34.7 Å². The molecule has 0 radical (unpaired) electrons. The van der Waals surface area contributed by atoms with Crippen LogP contribution in [0.5, 0.6) is 5.75 Å². The van der Waals surface area contributed by atoms with Gasteiger partial charge in [-0.3, -0.25) is 4.79 Å². The number of fused-ring (bicyclic) bond motifs is 1. The first-order valence-electron chi connectivity index (χ1n) is 10.8. The Hall–Kier alpha value is -2.71. The summed E-state index contributed by atoms with van der Waals surface area (Å²) in [5, 5.41) is 12.4. The van der Waals surface area contributed by atoms with Gasteiger partial charge in [0, 0.05) is 10.5 Å².